The lowest BCUT2D eigenvalue weighted by molar-refractivity contribution is -0.385. The second-order valence-electron chi connectivity index (χ2n) is 5.64. The number of nitrogens with one attached hydrogen (secondary N) is 1. The van der Waals surface area contributed by atoms with Gasteiger partial charge in [-0.25, -0.2) is 0 Å². The van der Waals surface area contributed by atoms with Crippen LogP contribution in [0.25, 0.3) is 0 Å². The van der Waals surface area contributed by atoms with Crippen molar-refractivity contribution in [3.05, 3.63) is 39.4 Å². The number of rotatable bonds is 5. The molecule has 1 fully saturated rings. The second kappa shape index (κ2) is 6.33. The van der Waals surface area contributed by atoms with Crippen LogP contribution >= 0.6 is 0 Å². The third kappa shape index (κ3) is 3.16. The molecule has 0 amide bonds. The predicted octanol–water partition coefficient (Wildman–Crippen LogP) is 2.71. The van der Waals surface area contributed by atoms with Gasteiger partial charge >= 0.3 is 0 Å². The van der Waals surface area contributed by atoms with Crippen LogP contribution in [0.3, 0.4) is 0 Å². The molecular formula is C15H22N2O3. The maximum atomic E-state index is 11.0. The lowest BCUT2D eigenvalue weighted by atomic mass is 9.99. The lowest BCUT2D eigenvalue weighted by Crippen LogP contribution is -2.30. The van der Waals surface area contributed by atoms with E-state index in [-0.39, 0.29) is 22.8 Å². The molecule has 0 bridgehead atoms. The number of nitro groups is 1. The third-order valence-corrected chi connectivity index (χ3v) is 4.32. The summed E-state index contributed by atoms with van der Waals surface area (Å²) >= 11 is 0. The number of aliphatic hydroxyl groups excluding tert-OH is 1. The Hall–Kier alpha value is -1.46. The monoisotopic (exact) mass is 278 g/mol. The predicted molar refractivity (Wildman–Crippen MR) is 77.6 cm³/mol. The Balaban J connectivity index is 2.03. The molecule has 0 unspecified atom stereocenters. The van der Waals surface area contributed by atoms with E-state index in [4.69, 9.17) is 0 Å². The summed E-state index contributed by atoms with van der Waals surface area (Å²) in [4.78, 5) is 10.6. The van der Waals surface area contributed by atoms with E-state index in [9.17, 15) is 15.2 Å². The fourth-order valence-corrected chi connectivity index (χ4v) is 3.00. The van der Waals surface area contributed by atoms with Crippen LogP contribution in [-0.2, 0) is 0 Å². The van der Waals surface area contributed by atoms with Crippen LogP contribution < -0.4 is 5.32 Å². The first-order chi connectivity index (χ1) is 9.50. The van der Waals surface area contributed by atoms with Gasteiger partial charge in [0.1, 0.15) is 0 Å². The fourth-order valence-electron chi connectivity index (χ4n) is 3.00. The molecule has 1 aromatic carbocycles. The van der Waals surface area contributed by atoms with Crippen molar-refractivity contribution < 1.29 is 10.0 Å². The topological polar surface area (TPSA) is 75.4 Å². The van der Waals surface area contributed by atoms with Gasteiger partial charge in [0.2, 0.25) is 0 Å². The first kappa shape index (κ1) is 14.9. The fraction of sp³-hybridized carbons (Fsp3) is 0.600. The smallest absolute Gasteiger partial charge is 0.272 e. The Morgan fingerprint density at radius 3 is 2.85 bits per heavy atom. The summed E-state index contributed by atoms with van der Waals surface area (Å²) in [5.74, 6) is 0.302. The summed E-state index contributed by atoms with van der Waals surface area (Å²) in [6.45, 7) is 4.55. The minimum Gasteiger partial charge on any atom is -0.393 e. The molecule has 1 aliphatic carbocycles. The Labute approximate surface area is 119 Å². The standard InChI is InChI=1S/C15H22N2O3/c1-10-13(6-4-7-14(10)17(19)20)11(2)16-9-12-5-3-8-15(12)18/h4,6-7,11-12,15-16,18H,3,5,8-9H2,1-2H3/t11-,12-,15+/m0/s1. The van der Waals surface area contributed by atoms with Gasteiger partial charge in [-0.15, -0.1) is 0 Å². The van der Waals surface area contributed by atoms with Crippen molar-refractivity contribution in [2.75, 3.05) is 6.54 Å². The van der Waals surface area contributed by atoms with E-state index in [2.05, 4.69) is 5.32 Å². The van der Waals surface area contributed by atoms with Crippen molar-refractivity contribution in [2.24, 2.45) is 5.92 Å². The minimum absolute atomic E-state index is 0.0442. The van der Waals surface area contributed by atoms with Gasteiger partial charge < -0.3 is 10.4 Å². The molecule has 5 nitrogen and oxygen atoms in total. The zero-order valence-corrected chi connectivity index (χ0v) is 12.0. The van der Waals surface area contributed by atoms with Gasteiger partial charge in [0.05, 0.1) is 11.0 Å². The van der Waals surface area contributed by atoms with Crippen LogP contribution in [0.15, 0.2) is 18.2 Å². The Morgan fingerprint density at radius 1 is 1.50 bits per heavy atom. The van der Waals surface area contributed by atoms with E-state index < -0.39 is 0 Å². The Bertz CT molecular complexity index is 490. The van der Waals surface area contributed by atoms with Crippen molar-refractivity contribution in [1.82, 2.24) is 5.32 Å². The van der Waals surface area contributed by atoms with Crippen LogP contribution in [0.4, 0.5) is 5.69 Å². The number of hydrogen-bond donors (Lipinski definition) is 2. The average molecular weight is 278 g/mol. The van der Waals surface area contributed by atoms with Crippen LogP contribution in [0, 0.1) is 23.0 Å². The second-order valence-corrected chi connectivity index (χ2v) is 5.64. The van der Waals surface area contributed by atoms with Gasteiger partial charge in [-0.3, -0.25) is 10.1 Å². The number of hydrogen-bond acceptors (Lipinski definition) is 4. The molecule has 110 valence electrons. The molecule has 2 N–H and O–H groups in total. The minimum atomic E-state index is -0.341. The maximum Gasteiger partial charge on any atom is 0.272 e. The average Bonchev–Trinajstić information content (AvgIpc) is 2.81. The highest BCUT2D eigenvalue weighted by Crippen LogP contribution is 2.28. The zero-order chi connectivity index (χ0) is 14.7. The normalized spacial score (nSPS) is 23.8. The summed E-state index contributed by atoms with van der Waals surface area (Å²) in [6.07, 6.45) is 2.81. The van der Waals surface area contributed by atoms with Gasteiger partial charge in [-0.1, -0.05) is 18.6 Å². The van der Waals surface area contributed by atoms with Crippen molar-refractivity contribution in [2.45, 2.75) is 45.3 Å². The van der Waals surface area contributed by atoms with E-state index in [1.807, 2.05) is 13.0 Å². The largest absolute Gasteiger partial charge is 0.393 e. The van der Waals surface area contributed by atoms with Crippen LogP contribution in [0.2, 0.25) is 0 Å². The molecule has 2 rings (SSSR count). The van der Waals surface area contributed by atoms with Gasteiger partial charge in [-0.05, 0) is 38.2 Å². The van der Waals surface area contributed by atoms with Gasteiger partial charge in [0.25, 0.3) is 5.69 Å². The van der Waals surface area contributed by atoms with Crippen molar-refractivity contribution in [1.29, 1.82) is 0 Å². The number of nitro benzene ring substituents is 1. The van der Waals surface area contributed by atoms with E-state index in [0.29, 0.717) is 11.5 Å². The molecule has 1 saturated carbocycles. The molecule has 0 saturated heterocycles. The molecule has 0 aromatic heterocycles. The molecular weight excluding hydrogens is 256 g/mol. The first-order valence-electron chi connectivity index (χ1n) is 7.16. The SMILES string of the molecule is Cc1c([C@H](C)NC[C@@H]2CCC[C@H]2O)cccc1[N+](=O)[O-]. The van der Waals surface area contributed by atoms with Crippen LogP contribution in [0.5, 0.6) is 0 Å². The molecule has 0 aliphatic heterocycles. The summed E-state index contributed by atoms with van der Waals surface area (Å²) in [6, 6.07) is 5.23. The molecule has 0 radical (unpaired) electrons. The van der Waals surface area contributed by atoms with Gasteiger partial charge in [-0.2, -0.15) is 0 Å². The molecule has 0 heterocycles. The summed E-state index contributed by atoms with van der Waals surface area (Å²) in [5.41, 5.74) is 1.83. The van der Waals surface area contributed by atoms with Gasteiger partial charge in [0.15, 0.2) is 0 Å². The number of nitrogens with zero attached hydrogens (tertiary/aromatic N) is 1. The van der Waals surface area contributed by atoms with E-state index in [1.54, 1.807) is 13.0 Å². The third-order valence-electron chi connectivity index (χ3n) is 4.32. The van der Waals surface area contributed by atoms with Crippen LogP contribution in [0.1, 0.15) is 43.4 Å². The highest BCUT2D eigenvalue weighted by molar-refractivity contribution is 5.45. The molecule has 3 atom stereocenters. The van der Waals surface area contributed by atoms with Gasteiger partial charge in [0, 0.05) is 24.2 Å². The molecule has 1 aliphatic rings. The van der Waals surface area contributed by atoms with Crippen molar-refractivity contribution >= 4 is 5.69 Å². The maximum absolute atomic E-state index is 11.0. The van der Waals surface area contributed by atoms with Crippen molar-refractivity contribution in [3.8, 4) is 0 Å². The highest BCUT2D eigenvalue weighted by atomic mass is 16.6. The first-order valence-corrected chi connectivity index (χ1v) is 7.16. The van der Waals surface area contributed by atoms with E-state index in [1.165, 1.54) is 6.07 Å². The van der Waals surface area contributed by atoms with Crippen LogP contribution in [-0.4, -0.2) is 22.7 Å². The quantitative estimate of drug-likeness (QED) is 0.641. The highest BCUT2D eigenvalue weighted by Gasteiger charge is 2.25. The molecule has 0 spiro atoms. The Morgan fingerprint density at radius 2 is 2.25 bits per heavy atom. The lowest BCUT2D eigenvalue weighted by Gasteiger charge is -2.21. The Kier molecular flexibility index (Phi) is 4.73. The molecule has 5 heteroatoms. The summed E-state index contributed by atoms with van der Waals surface area (Å²) < 4.78 is 0. The van der Waals surface area contributed by atoms with Crippen molar-refractivity contribution in [3.63, 3.8) is 0 Å². The molecule has 1 aromatic rings. The van der Waals surface area contributed by atoms with E-state index in [0.717, 1.165) is 31.4 Å². The number of aliphatic hydroxyl groups is 1. The zero-order valence-electron chi connectivity index (χ0n) is 12.0. The summed E-state index contributed by atoms with van der Waals surface area (Å²) in [7, 11) is 0. The van der Waals surface area contributed by atoms with E-state index >= 15 is 0 Å². The summed E-state index contributed by atoms with van der Waals surface area (Å²) in [5, 5.41) is 24.2. The number of benzene rings is 1. The molecule has 20 heavy (non-hydrogen) atoms.